The van der Waals surface area contributed by atoms with E-state index in [1.165, 1.54) is 11.6 Å². The van der Waals surface area contributed by atoms with E-state index in [0.29, 0.717) is 17.1 Å². The summed E-state index contributed by atoms with van der Waals surface area (Å²) in [6, 6.07) is 23.1. The lowest BCUT2D eigenvalue weighted by atomic mass is 9.86. The van der Waals surface area contributed by atoms with Crippen molar-refractivity contribution in [3.63, 3.8) is 0 Å². The highest BCUT2D eigenvalue weighted by Gasteiger charge is 2.14. The number of benzene rings is 2. The number of rotatable bonds is 3. The van der Waals surface area contributed by atoms with Gasteiger partial charge in [0.15, 0.2) is 5.82 Å². The molecule has 4 heteroatoms. The molecule has 144 valence electrons. The zero-order chi connectivity index (χ0) is 20.4. The van der Waals surface area contributed by atoms with Crippen LogP contribution in [0.2, 0.25) is 0 Å². The van der Waals surface area contributed by atoms with Crippen molar-refractivity contribution >= 4 is 0 Å². The quantitative estimate of drug-likeness (QED) is 0.389. The molecule has 2 aromatic heterocycles. The highest BCUT2D eigenvalue weighted by Crippen LogP contribution is 2.27. The Bertz CT molecular complexity index is 1110. The number of halogens is 1. The Hall–Kier alpha value is -3.40. The van der Waals surface area contributed by atoms with Crippen molar-refractivity contribution in [1.29, 1.82) is 0 Å². The van der Waals surface area contributed by atoms with Gasteiger partial charge in [0.2, 0.25) is 5.95 Å². The van der Waals surface area contributed by atoms with Gasteiger partial charge in [-0.15, -0.1) is 0 Å². The normalized spacial score (nSPS) is 11.4. The van der Waals surface area contributed by atoms with Crippen molar-refractivity contribution in [3.05, 3.63) is 90.5 Å². The first-order chi connectivity index (χ1) is 13.9. The maximum absolute atomic E-state index is 14.2. The van der Waals surface area contributed by atoms with Crippen LogP contribution in [-0.2, 0) is 5.41 Å². The minimum absolute atomic E-state index is 0.0623. The summed E-state index contributed by atoms with van der Waals surface area (Å²) in [6.45, 7) is 6.49. The predicted octanol–water partition coefficient (Wildman–Crippen LogP) is 6.31. The van der Waals surface area contributed by atoms with Gasteiger partial charge in [0.1, 0.15) is 0 Å². The van der Waals surface area contributed by atoms with Crippen LogP contribution in [0.4, 0.5) is 4.39 Å². The fraction of sp³-hybridized carbons (Fsp3) is 0.160. The molecule has 2 heterocycles. The molecule has 4 rings (SSSR count). The number of aromatic nitrogens is 3. The molecular weight excluding hydrogens is 361 g/mol. The zero-order valence-corrected chi connectivity index (χ0v) is 16.7. The molecule has 0 saturated heterocycles. The second-order valence-corrected chi connectivity index (χ2v) is 8.03. The van der Waals surface area contributed by atoms with Crippen molar-refractivity contribution in [2.24, 2.45) is 0 Å². The Labute approximate surface area is 170 Å². The van der Waals surface area contributed by atoms with Crippen LogP contribution in [0.3, 0.4) is 0 Å². The Balaban J connectivity index is 1.67. The summed E-state index contributed by atoms with van der Waals surface area (Å²) in [6.07, 6.45) is 1.68. The third-order valence-electron chi connectivity index (χ3n) is 4.83. The van der Waals surface area contributed by atoms with E-state index in [1.54, 1.807) is 6.20 Å². The summed E-state index contributed by atoms with van der Waals surface area (Å²) >= 11 is 0. The largest absolute Gasteiger partial charge is 0.255 e. The van der Waals surface area contributed by atoms with Gasteiger partial charge in [0.05, 0.1) is 11.4 Å². The van der Waals surface area contributed by atoms with E-state index in [4.69, 9.17) is 0 Å². The molecule has 0 aliphatic rings. The Morgan fingerprint density at radius 3 is 1.97 bits per heavy atom. The molecule has 0 saturated carbocycles. The third kappa shape index (κ3) is 4.21. The van der Waals surface area contributed by atoms with E-state index in [-0.39, 0.29) is 5.41 Å². The van der Waals surface area contributed by atoms with Crippen molar-refractivity contribution in [3.8, 4) is 33.9 Å². The molecule has 0 aliphatic carbocycles. The SMILES string of the molecule is CC(C)(C)c1ccc(-c2cc(F)nc(-c3ccc(-c4ccccc4)nc3)n2)cc1. The lowest BCUT2D eigenvalue weighted by Crippen LogP contribution is -2.10. The van der Waals surface area contributed by atoms with Gasteiger partial charge >= 0.3 is 0 Å². The Morgan fingerprint density at radius 1 is 0.690 bits per heavy atom. The zero-order valence-electron chi connectivity index (χ0n) is 16.7. The summed E-state index contributed by atoms with van der Waals surface area (Å²) < 4.78 is 14.2. The van der Waals surface area contributed by atoms with Crippen LogP contribution < -0.4 is 0 Å². The van der Waals surface area contributed by atoms with E-state index < -0.39 is 5.95 Å². The maximum Gasteiger partial charge on any atom is 0.217 e. The highest BCUT2D eigenvalue weighted by atomic mass is 19.1. The molecule has 0 atom stereocenters. The second kappa shape index (κ2) is 7.55. The molecule has 0 unspecified atom stereocenters. The molecule has 0 spiro atoms. The third-order valence-corrected chi connectivity index (χ3v) is 4.83. The van der Waals surface area contributed by atoms with E-state index in [9.17, 15) is 4.39 Å². The molecule has 0 radical (unpaired) electrons. The molecule has 0 amide bonds. The molecule has 4 aromatic rings. The van der Waals surface area contributed by atoms with Crippen LogP contribution in [0.15, 0.2) is 79.0 Å². The van der Waals surface area contributed by atoms with Gasteiger partial charge in [0.25, 0.3) is 0 Å². The first kappa shape index (κ1) is 18.9. The summed E-state index contributed by atoms with van der Waals surface area (Å²) in [4.78, 5) is 13.0. The van der Waals surface area contributed by atoms with Gasteiger partial charge in [-0.25, -0.2) is 4.98 Å². The summed E-state index contributed by atoms with van der Waals surface area (Å²) in [5, 5.41) is 0. The van der Waals surface area contributed by atoms with Crippen LogP contribution in [0.25, 0.3) is 33.9 Å². The summed E-state index contributed by atoms with van der Waals surface area (Å²) in [5.41, 5.74) is 5.25. The molecule has 0 bridgehead atoms. The highest BCUT2D eigenvalue weighted by molar-refractivity contribution is 5.66. The summed E-state index contributed by atoms with van der Waals surface area (Å²) in [7, 11) is 0. The first-order valence-electron chi connectivity index (χ1n) is 9.57. The van der Waals surface area contributed by atoms with Gasteiger partial charge in [-0.1, -0.05) is 75.4 Å². The van der Waals surface area contributed by atoms with Crippen molar-refractivity contribution < 1.29 is 4.39 Å². The van der Waals surface area contributed by atoms with Crippen LogP contribution in [0, 0.1) is 5.95 Å². The standard InChI is InChI=1S/C25H22FN3/c1-25(2,3)20-12-9-18(10-13-20)22-15-23(26)29-24(28-22)19-11-14-21(27-16-19)17-7-5-4-6-8-17/h4-16H,1-3H3. The van der Waals surface area contributed by atoms with Gasteiger partial charge in [-0.3, -0.25) is 4.98 Å². The molecule has 0 aliphatic heterocycles. The molecular formula is C25H22FN3. The van der Waals surface area contributed by atoms with Gasteiger partial charge in [-0.2, -0.15) is 9.37 Å². The minimum atomic E-state index is -0.558. The first-order valence-corrected chi connectivity index (χ1v) is 9.57. The Morgan fingerprint density at radius 2 is 1.34 bits per heavy atom. The molecule has 2 aromatic carbocycles. The average molecular weight is 383 g/mol. The molecule has 3 nitrogen and oxygen atoms in total. The van der Waals surface area contributed by atoms with Gasteiger partial charge in [-0.05, 0) is 23.1 Å². The summed E-state index contributed by atoms with van der Waals surface area (Å²) in [5.74, 6) is -0.232. The predicted molar refractivity (Wildman–Crippen MR) is 115 cm³/mol. The fourth-order valence-corrected chi connectivity index (χ4v) is 3.14. The number of hydrogen-bond donors (Lipinski definition) is 0. The van der Waals surface area contributed by atoms with Gasteiger partial charge < -0.3 is 0 Å². The van der Waals surface area contributed by atoms with Crippen LogP contribution in [-0.4, -0.2) is 15.0 Å². The van der Waals surface area contributed by atoms with Crippen molar-refractivity contribution in [2.45, 2.75) is 26.2 Å². The van der Waals surface area contributed by atoms with Crippen LogP contribution >= 0.6 is 0 Å². The maximum atomic E-state index is 14.2. The number of nitrogens with zero attached hydrogens (tertiary/aromatic N) is 3. The lowest BCUT2D eigenvalue weighted by molar-refractivity contribution is 0.582. The monoisotopic (exact) mass is 383 g/mol. The van der Waals surface area contributed by atoms with E-state index in [1.807, 2.05) is 54.6 Å². The van der Waals surface area contributed by atoms with E-state index in [2.05, 4.69) is 47.9 Å². The van der Waals surface area contributed by atoms with Crippen molar-refractivity contribution in [2.75, 3.05) is 0 Å². The fourth-order valence-electron chi connectivity index (χ4n) is 3.14. The van der Waals surface area contributed by atoms with Gasteiger partial charge in [0, 0.05) is 29.0 Å². The molecule has 0 fully saturated rings. The number of pyridine rings is 1. The smallest absolute Gasteiger partial charge is 0.217 e. The Kier molecular flexibility index (Phi) is 4.93. The topological polar surface area (TPSA) is 38.7 Å². The number of hydrogen-bond acceptors (Lipinski definition) is 3. The average Bonchev–Trinajstić information content (AvgIpc) is 2.73. The van der Waals surface area contributed by atoms with E-state index >= 15 is 0 Å². The molecule has 0 N–H and O–H groups in total. The van der Waals surface area contributed by atoms with E-state index in [0.717, 1.165) is 16.8 Å². The van der Waals surface area contributed by atoms with Crippen LogP contribution in [0.5, 0.6) is 0 Å². The lowest BCUT2D eigenvalue weighted by Gasteiger charge is -2.19. The molecule has 29 heavy (non-hydrogen) atoms. The van der Waals surface area contributed by atoms with Crippen LogP contribution in [0.1, 0.15) is 26.3 Å². The van der Waals surface area contributed by atoms with Crippen molar-refractivity contribution in [1.82, 2.24) is 15.0 Å². The second-order valence-electron chi connectivity index (χ2n) is 8.03. The minimum Gasteiger partial charge on any atom is -0.255 e.